The molecule has 3 aromatic heterocycles. The standard InChI is InChI=1S/C32H35F3N6O4S/c1-5-36-30(45)39-26-12-20(28-38-25(16-46-28)32(33,34)35)22(13-37-26)18-8-9-24-21(11-18)27(42)23(29(43)44)15-41(24)19-7-6-10-40(14-19)17-31(2,3)4/h8-9,11-13,15-16,19H,5-7,10,14,17H2,1-4H3,(H,43,44)(H2,36,37,39,45)/t19-/m1/s1. The first-order valence-corrected chi connectivity index (χ1v) is 15.8. The molecule has 0 unspecified atom stereocenters. The number of nitrogens with one attached hydrogen (secondary N) is 2. The van der Waals surface area contributed by atoms with Crippen LogP contribution in [0.4, 0.5) is 23.8 Å². The van der Waals surface area contributed by atoms with Gasteiger partial charge in [0.1, 0.15) is 16.4 Å². The van der Waals surface area contributed by atoms with Gasteiger partial charge in [-0.2, -0.15) is 13.2 Å². The number of aromatic nitrogens is 3. The lowest BCUT2D eigenvalue weighted by atomic mass is 9.94. The lowest BCUT2D eigenvalue weighted by Gasteiger charge is -2.38. The number of aromatic carboxylic acids is 1. The van der Waals surface area contributed by atoms with Crippen LogP contribution in [0.5, 0.6) is 0 Å². The predicted molar refractivity (Wildman–Crippen MR) is 171 cm³/mol. The van der Waals surface area contributed by atoms with Crippen molar-refractivity contribution in [3.05, 3.63) is 63.5 Å². The molecule has 1 atom stereocenters. The quantitative estimate of drug-likeness (QED) is 0.201. The number of piperidine rings is 1. The number of urea groups is 1. The minimum absolute atomic E-state index is 0.0293. The summed E-state index contributed by atoms with van der Waals surface area (Å²) in [5.74, 6) is -1.26. The Kier molecular flexibility index (Phi) is 9.23. The predicted octanol–water partition coefficient (Wildman–Crippen LogP) is 6.73. The zero-order chi connectivity index (χ0) is 33.4. The Bertz CT molecular complexity index is 1850. The Hall–Kier alpha value is -4.30. The molecule has 3 N–H and O–H groups in total. The van der Waals surface area contributed by atoms with Gasteiger partial charge < -0.3 is 19.9 Å². The van der Waals surface area contributed by atoms with Gasteiger partial charge in [-0.25, -0.2) is 19.6 Å². The summed E-state index contributed by atoms with van der Waals surface area (Å²) in [6, 6.07) is 5.81. The lowest BCUT2D eigenvalue weighted by molar-refractivity contribution is -0.140. The molecule has 5 rings (SSSR count). The summed E-state index contributed by atoms with van der Waals surface area (Å²) >= 11 is 0.779. The monoisotopic (exact) mass is 656 g/mol. The van der Waals surface area contributed by atoms with Gasteiger partial charge >= 0.3 is 18.2 Å². The molecule has 1 aliphatic rings. The molecule has 1 aliphatic heterocycles. The lowest BCUT2D eigenvalue weighted by Crippen LogP contribution is -2.41. The first-order valence-electron chi connectivity index (χ1n) is 14.9. The molecule has 4 heterocycles. The Labute approximate surface area is 267 Å². The molecular weight excluding hydrogens is 621 g/mol. The van der Waals surface area contributed by atoms with Crippen molar-refractivity contribution in [2.24, 2.45) is 5.41 Å². The second-order valence-electron chi connectivity index (χ2n) is 12.5. The number of anilines is 1. The molecule has 1 fully saturated rings. The topological polar surface area (TPSA) is 129 Å². The van der Waals surface area contributed by atoms with E-state index >= 15 is 0 Å². The van der Waals surface area contributed by atoms with Crippen LogP contribution < -0.4 is 16.1 Å². The van der Waals surface area contributed by atoms with Gasteiger partial charge in [-0.1, -0.05) is 26.8 Å². The summed E-state index contributed by atoms with van der Waals surface area (Å²) in [7, 11) is 0. The highest BCUT2D eigenvalue weighted by atomic mass is 32.1. The van der Waals surface area contributed by atoms with Crippen LogP contribution >= 0.6 is 11.3 Å². The number of carbonyl (C=O) groups is 2. The fraction of sp³-hybridized carbons (Fsp3) is 0.406. The summed E-state index contributed by atoms with van der Waals surface area (Å²) < 4.78 is 42.3. The molecule has 0 saturated carbocycles. The third-order valence-electron chi connectivity index (χ3n) is 7.65. The molecule has 1 aromatic carbocycles. The maximum atomic E-state index is 13.5. The van der Waals surface area contributed by atoms with E-state index in [0.717, 1.165) is 42.6 Å². The van der Waals surface area contributed by atoms with Crippen molar-refractivity contribution < 1.29 is 27.9 Å². The van der Waals surface area contributed by atoms with E-state index in [2.05, 4.69) is 46.3 Å². The zero-order valence-electron chi connectivity index (χ0n) is 25.9. The average molecular weight is 657 g/mol. The summed E-state index contributed by atoms with van der Waals surface area (Å²) in [4.78, 5) is 48.4. The summed E-state index contributed by atoms with van der Waals surface area (Å²) in [5.41, 5.74) is -0.439. The number of thiazole rings is 1. The summed E-state index contributed by atoms with van der Waals surface area (Å²) in [6.07, 6.45) is -0.140. The largest absolute Gasteiger partial charge is 0.477 e. The van der Waals surface area contributed by atoms with E-state index in [1.165, 1.54) is 18.5 Å². The van der Waals surface area contributed by atoms with Crippen molar-refractivity contribution in [3.63, 3.8) is 0 Å². The number of benzene rings is 1. The first kappa shape index (κ1) is 33.1. The van der Waals surface area contributed by atoms with Crippen molar-refractivity contribution in [2.45, 2.75) is 52.8 Å². The first-order chi connectivity index (χ1) is 21.6. The third kappa shape index (κ3) is 7.23. The number of nitrogens with zero attached hydrogens (tertiary/aromatic N) is 4. The molecule has 4 aromatic rings. The van der Waals surface area contributed by atoms with Crippen LogP contribution in [0.2, 0.25) is 0 Å². The molecule has 2 amide bonds. The minimum Gasteiger partial charge on any atom is -0.477 e. The van der Waals surface area contributed by atoms with Gasteiger partial charge in [0.25, 0.3) is 0 Å². The number of hydrogen-bond acceptors (Lipinski definition) is 7. The Morgan fingerprint density at radius 1 is 1.15 bits per heavy atom. The number of carboxylic acids is 1. The molecule has 10 nitrogen and oxygen atoms in total. The second-order valence-corrected chi connectivity index (χ2v) is 13.4. The fourth-order valence-corrected chi connectivity index (χ4v) is 6.69. The molecule has 0 bridgehead atoms. The van der Waals surface area contributed by atoms with Gasteiger partial charge in [0.05, 0.1) is 5.52 Å². The zero-order valence-corrected chi connectivity index (χ0v) is 26.7. The molecule has 46 heavy (non-hydrogen) atoms. The minimum atomic E-state index is -4.66. The Balaban J connectivity index is 1.64. The Morgan fingerprint density at radius 2 is 1.91 bits per heavy atom. The number of rotatable bonds is 7. The van der Waals surface area contributed by atoms with Crippen molar-refractivity contribution in [3.8, 4) is 21.7 Å². The van der Waals surface area contributed by atoms with E-state index in [4.69, 9.17) is 0 Å². The molecular formula is C32H35F3N6O4S. The number of likely N-dealkylation sites (tertiary alicyclic amines) is 1. The van der Waals surface area contributed by atoms with Crippen LogP contribution in [0.1, 0.15) is 62.6 Å². The third-order valence-corrected chi connectivity index (χ3v) is 8.53. The number of halogens is 3. The van der Waals surface area contributed by atoms with Crippen LogP contribution in [0.3, 0.4) is 0 Å². The number of hydrogen-bond donors (Lipinski definition) is 3. The normalized spacial score (nSPS) is 16.0. The SMILES string of the molecule is CCNC(=O)Nc1cc(-c2nc(C(F)(F)F)cs2)c(-c2ccc3c(c2)c(=O)c(C(=O)O)cn3[C@@H]2CCCN(CC(C)(C)C)C2)cn1. The van der Waals surface area contributed by atoms with Crippen molar-refractivity contribution >= 4 is 40.1 Å². The second kappa shape index (κ2) is 12.8. The van der Waals surface area contributed by atoms with Crippen molar-refractivity contribution in [2.75, 3.05) is 31.5 Å². The van der Waals surface area contributed by atoms with E-state index in [1.54, 1.807) is 25.1 Å². The summed E-state index contributed by atoms with van der Waals surface area (Å²) in [6.45, 7) is 11.1. The molecule has 0 aliphatic carbocycles. The van der Waals surface area contributed by atoms with Crippen LogP contribution in [-0.4, -0.2) is 62.7 Å². The maximum Gasteiger partial charge on any atom is 0.434 e. The van der Waals surface area contributed by atoms with Crippen LogP contribution in [-0.2, 0) is 6.18 Å². The molecule has 0 radical (unpaired) electrons. The van der Waals surface area contributed by atoms with Gasteiger partial charge in [0, 0.05) is 60.0 Å². The number of alkyl halides is 3. The fourth-order valence-electron chi connectivity index (χ4n) is 5.83. The van der Waals surface area contributed by atoms with E-state index < -0.39 is 29.3 Å². The van der Waals surface area contributed by atoms with E-state index in [-0.39, 0.29) is 38.8 Å². The van der Waals surface area contributed by atoms with Gasteiger partial charge in [0.2, 0.25) is 5.43 Å². The van der Waals surface area contributed by atoms with Crippen LogP contribution in [0.25, 0.3) is 32.6 Å². The van der Waals surface area contributed by atoms with Crippen molar-refractivity contribution in [1.29, 1.82) is 0 Å². The van der Waals surface area contributed by atoms with E-state index in [1.807, 2.05) is 4.57 Å². The van der Waals surface area contributed by atoms with E-state index in [9.17, 15) is 32.7 Å². The number of amides is 2. The van der Waals surface area contributed by atoms with Crippen LogP contribution in [0.15, 0.2) is 46.8 Å². The number of pyridine rings is 2. The molecule has 14 heteroatoms. The highest BCUT2D eigenvalue weighted by Gasteiger charge is 2.34. The number of carboxylic acid groups (broad SMARTS) is 1. The van der Waals surface area contributed by atoms with Crippen molar-refractivity contribution in [1.82, 2.24) is 24.8 Å². The Morgan fingerprint density at radius 3 is 2.57 bits per heavy atom. The van der Waals surface area contributed by atoms with E-state index in [0.29, 0.717) is 29.7 Å². The summed E-state index contributed by atoms with van der Waals surface area (Å²) in [5, 5.41) is 16.2. The molecule has 1 saturated heterocycles. The number of carbonyl (C=O) groups excluding carboxylic acids is 1. The molecule has 0 spiro atoms. The highest BCUT2D eigenvalue weighted by Crippen LogP contribution is 2.39. The maximum absolute atomic E-state index is 13.5. The van der Waals surface area contributed by atoms with Gasteiger partial charge in [-0.3, -0.25) is 10.1 Å². The average Bonchev–Trinajstić information content (AvgIpc) is 3.48. The smallest absolute Gasteiger partial charge is 0.434 e. The molecule has 244 valence electrons. The van der Waals surface area contributed by atoms with Gasteiger partial charge in [-0.05, 0) is 55.5 Å². The van der Waals surface area contributed by atoms with Gasteiger partial charge in [0.15, 0.2) is 5.69 Å². The van der Waals surface area contributed by atoms with Crippen LogP contribution in [0, 0.1) is 5.41 Å². The highest BCUT2D eigenvalue weighted by molar-refractivity contribution is 7.13. The van der Waals surface area contributed by atoms with Gasteiger partial charge in [-0.15, -0.1) is 11.3 Å². The number of fused-ring (bicyclic) bond motifs is 1.